The Morgan fingerprint density at radius 2 is 2.38 bits per heavy atom. The van der Waals surface area contributed by atoms with Crippen molar-refractivity contribution in [3.05, 3.63) is 18.2 Å². The normalized spacial score (nSPS) is 22.9. The molecule has 0 bridgehead atoms. The largest absolute Gasteiger partial charge is 0.337 e. The van der Waals surface area contributed by atoms with Crippen LogP contribution in [0.4, 0.5) is 0 Å². The van der Waals surface area contributed by atoms with Crippen molar-refractivity contribution in [3.63, 3.8) is 0 Å². The van der Waals surface area contributed by atoms with E-state index in [1.54, 1.807) is 0 Å². The molecule has 0 amide bonds. The number of nitrogens with one attached hydrogen (secondary N) is 1. The monoisotopic (exact) mass is 222 g/mol. The van der Waals surface area contributed by atoms with Crippen LogP contribution in [-0.2, 0) is 13.6 Å². The molecule has 0 aliphatic carbocycles. The lowest BCUT2D eigenvalue weighted by Crippen LogP contribution is -2.52. The average Bonchev–Trinajstić information content (AvgIpc) is 2.65. The van der Waals surface area contributed by atoms with Crippen LogP contribution in [0.3, 0.4) is 0 Å². The van der Waals surface area contributed by atoms with Gasteiger partial charge in [-0.2, -0.15) is 0 Å². The van der Waals surface area contributed by atoms with Crippen molar-refractivity contribution in [2.75, 3.05) is 19.6 Å². The molecule has 4 nitrogen and oxygen atoms in total. The second-order valence-electron chi connectivity index (χ2n) is 4.99. The number of hydrogen-bond donors (Lipinski definition) is 1. The molecule has 2 rings (SSSR count). The highest BCUT2D eigenvalue weighted by molar-refractivity contribution is 4.92. The van der Waals surface area contributed by atoms with E-state index < -0.39 is 0 Å². The third kappa shape index (κ3) is 2.62. The molecule has 1 atom stereocenters. The van der Waals surface area contributed by atoms with E-state index in [1.165, 1.54) is 0 Å². The van der Waals surface area contributed by atoms with Gasteiger partial charge in [0.15, 0.2) is 0 Å². The molecular weight excluding hydrogens is 200 g/mol. The summed E-state index contributed by atoms with van der Waals surface area (Å²) >= 11 is 0. The Bertz CT molecular complexity index is 332. The van der Waals surface area contributed by atoms with Crippen LogP contribution in [0.2, 0.25) is 0 Å². The van der Waals surface area contributed by atoms with Crippen molar-refractivity contribution in [1.82, 2.24) is 19.8 Å². The van der Waals surface area contributed by atoms with Gasteiger partial charge in [0, 0.05) is 45.1 Å². The fourth-order valence-corrected chi connectivity index (χ4v) is 2.18. The van der Waals surface area contributed by atoms with Gasteiger partial charge in [0.25, 0.3) is 0 Å². The number of hydrogen-bond acceptors (Lipinski definition) is 3. The predicted molar refractivity (Wildman–Crippen MR) is 65.1 cm³/mol. The number of imidazole rings is 1. The zero-order valence-electron chi connectivity index (χ0n) is 10.5. The summed E-state index contributed by atoms with van der Waals surface area (Å²) in [6.45, 7) is 8.87. The molecule has 90 valence electrons. The molecule has 4 heteroatoms. The molecule has 0 saturated carbocycles. The third-order valence-corrected chi connectivity index (χ3v) is 3.38. The fraction of sp³-hybridized carbons (Fsp3) is 0.750. The Kier molecular flexibility index (Phi) is 3.61. The summed E-state index contributed by atoms with van der Waals surface area (Å²) in [7, 11) is 2.06. The first kappa shape index (κ1) is 11.6. The molecule has 0 radical (unpaired) electrons. The second kappa shape index (κ2) is 4.97. The molecule has 1 aliphatic heterocycles. The van der Waals surface area contributed by atoms with Gasteiger partial charge in [-0.15, -0.1) is 0 Å². The maximum absolute atomic E-state index is 4.38. The maximum atomic E-state index is 4.38. The molecule has 1 aromatic heterocycles. The van der Waals surface area contributed by atoms with Crippen molar-refractivity contribution in [3.8, 4) is 0 Å². The zero-order valence-corrected chi connectivity index (χ0v) is 10.5. The molecule has 1 aliphatic rings. The van der Waals surface area contributed by atoms with Gasteiger partial charge in [0.2, 0.25) is 0 Å². The quantitative estimate of drug-likeness (QED) is 0.823. The Hall–Kier alpha value is -0.870. The van der Waals surface area contributed by atoms with Gasteiger partial charge in [-0.25, -0.2) is 4.98 Å². The smallest absolute Gasteiger partial charge is 0.122 e. The lowest BCUT2D eigenvalue weighted by atomic mass is 10.0. The van der Waals surface area contributed by atoms with Gasteiger partial charge in [0.05, 0.1) is 6.54 Å². The zero-order chi connectivity index (χ0) is 11.5. The summed E-state index contributed by atoms with van der Waals surface area (Å²) < 4.78 is 2.10. The van der Waals surface area contributed by atoms with Gasteiger partial charge >= 0.3 is 0 Å². The summed E-state index contributed by atoms with van der Waals surface area (Å²) in [4.78, 5) is 6.87. The van der Waals surface area contributed by atoms with E-state index in [2.05, 4.69) is 40.7 Å². The molecular formula is C12H22N4. The highest BCUT2D eigenvalue weighted by Gasteiger charge is 2.22. The van der Waals surface area contributed by atoms with Gasteiger partial charge in [0.1, 0.15) is 5.82 Å². The number of piperazine rings is 1. The van der Waals surface area contributed by atoms with E-state index in [4.69, 9.17) is 0 Å². The minimum Gasteiger partial charge on any atom is -0.337 e. The average molecular weight is 222 g/mol. The SMILES string of the molecule is CC(C)C1CN(Cc2nccn2C)CCN1. The molecule has 1 N–H and O–H groups in total. The van der Waals surface area contributed by atoms with E-state index in [1.807, 2.05) is 12.4 Å². The van der Waals surface area contributed by atoms with E-state index in [0.29, 0.717) is 12.0 Å². The summed E-state index contributed by atoms with van der Waals surface area (Å²) in [5.41, 5.74) is 0. The van der Waals surface area contributed by atoms with Crippen molar-refractivity contribution >= 4 is 0 Å². The van der Waals surface area contributed by atoms with Gasteiger partial charge in [-0.1, -0.05) is 13.8 Å². The number of rotatable bonds is 3. The first-order chi connectivity index (χ1) is 7.66. The summed E-state index contributed by atoms with van der Waals surface area (Å²) in [6, 6.07) is 0.619. The van der Waals surface area contributed by atoms with Gasteiger partial charge < -0.3 is 9.88 Å². The lowest BCUT2D eigenvalue weighted by Gasteiger charge is -2.35. The number of aryl methyl sites for hydroxylation is 1. The van der Waals surface area contributed by atoms with Crippen LogP contribution in [0.1, 0.15) is 19.7 Å². The first-order valence-electron chi connectivity index (χ1n) is 6.08. The first-order valence-corrected chi connectivity index (χ1v) is 6.08. The van der Waals surface area contributed by atoms with Crippen molar-refractivity contribution in [2.24, 2.45) is 13.0 Å². The number of nitrogens with zero attached hydrogens (tertiary/aromatic N) is 3. The summed E-state index contributed by atoms with van der Waals surface area (Å²) in [5, 5.41) is 3.57. The highest BCUT2D eigenvalue weighted by Crippen LogP contribution is 2.10. The molecule has 0 aromatic carbocycles. The Morgan fingerprint density at radius 3 is 3.00 bits per heavy atom. The lowest BCUT2D eigenvalue weighted by molar-refractivity contribution is 0.164. The van der Waals surface area contributed by atoms with Crippen LogP contribution < -0.4 is 5.32 Å². The van der Waals surface area contributed by atoms with E-state index in [9.17, 15) is 0 Å². The molecule has 1 fully saturated rings. The topological polar surface area (TPSA) is 33.1 Å². The maximum Gasteiger partial charge on any atom is 0.122 e. The minimum atomic E-state index is 0.619. The van der Waals surface area contributed by atoms with Crippen molar-refractivity contribution in [2.45, 2.75) is 26.4 Å². The Morgan fingerprint density at radius 1 is 1.56 bits per heavy atom. The van der Waals surface area contributed by atoms with Crippen molar-refractivity contribution < 1.29 is 0 Å². The van der Waals surface area contributed by atoms with Gasteiger partial charge in [-0.3, -0.25) is 4.90 Å². The van der Waals surface area contributed by atoms with E-state index in [-0.39, 0.29) is 0 Å². The Labute approximate surface area is 97.7 Å². The minimum absolute atomic E-state index is 0.619. The molecule has 0 spiro atoms. The molecule has 1 unspecified atom stereocenters. The molecule has 1 saturated heterocycles. The second-order valence-corrected chi connectivity index (χ2v) is 4.99. The summed E-state index contributed by atoms with van der Waals surface area (Å²) in [5.74, 6) is 1.86. The fourth-order valence-electron chi connectivity index (χ4n) is 2.18. The van der Waals surface area contributed by atoms with E-state index in [0.717, 1.165) is 32.0 Å². The Balaban J connectivity index is 1.93. The van der Waals surface area contributed by atoms with Crippen LogP contribution in [0, 0.1) is 5.92 Å². The third-order valence-electron chi connectivity index (χ3n) is 3.38. The van der Waals surface area contributed by atoms with E-state index >= 15 is 0 Å². The van der Waals surface area contributed by atoms with Gasteiger partial charge in [-0.05, 0) is 5.92 Å². The van der Waals surface area contributed by atoms with Crippen LogP contribution in [-0.4, -0.2) is 40.1 Å². The predicted octanol–water partition coefficient (Wildman–Crippen LogP) is 0.850. The number of aromatic nitrogens is 2. The highest BCUT2D eigenvalue weighted by atomic mass is 15.2. The molecule has 1 aromatic rings. The van der Waals surface area contributed by atoms with Crippen LogP contribution in [0.5, 0.6) is 0 Å². The van der Waals surface area contributed by atoms with Crippen LogP contribution >= 0.6 is 0 Å². The molecule has 2 heterocycles. The summed E-state index contributed by atoms with van der Waals surface area (Å²) in [6.07, 6.45) is 3.88. The van der Waals surface area contributed by atoms with Crippen LogP contribution in [0.25, 0.3) is 0 Å². The van der Waals surface area contributed by atoms with Crippen molar-refractivity contribution in [1.29, 1.82) is 0 Å². The standard InChI is InChI=1S/C12H22N4/c1-10(2)11-8-16(7-5-13-11)9-12-14-4-6-15(12)3/h4,6,10-11,13H,5,7-9H2,1-3H3. The molecule has 16 heavy (non-hydrogen) atoms. The van der Waals surface area contributed by atoms with Crippen LogP contribution in [0.15, 0.2) is 12.4 Å².